The van der Waals surface area contributed by atoms with Crippen molar-refractivity contribution in [3.8, 4) is 5.75 Å². The van der Waals surface area contributed by atoms with Gasteiger partial charge in [0.1, 0.15) is 5.75 Å². The van der Waals surface area contributed by atoms with Gasteiger partial charge in [0.2, 0.25) is 0 Å². The van der Waals surface area contributed by atoms with E-state index in [2.05, 4.69) is 15.3 Å². The number of ether oxygens (including phenoxy) is 1. The van der Waals surface area contributed by atoms with Crippen molar-refractivity contribution < 1.29 is 9.53 Å². The Balaban J connectivity index is 1.77. The Morgan fingerprint density at radius 1 is 1.10 bits per heavy atom. The second kappa shape index (κ2) is 5.13. The molecule has 0 aliphatic carbocycles. The number of urea groups is 1. The number of carbonyl (C=O) groups excluding carboxylic acids is 1. The molecule has 5 heteroatoms. The molecule has 5 nitrogen and oxygen atoms in total. The van der Waals surface area contributed by atoms with Crippen molar-refractivity contribution in [1.29, 1.82) is 0 Å². The minimum atomic E-state index is -0.440. The first-order valence-electron chi connectivity index (χ1n) is 6.23. The Bertz CT molecular complexity index is 784. The van der Waals surface area contributed by atoms with Crippen LogP contribution in [0.3, 0.4) is 0 Å². The topological polar surface area (TPSA) is 63.0 Å². The summed E-state index contributed by atoms with van der Waals surface area (Å²) in [5.41, 5.74) is 2.02. The molecule has 1 heterocycles. The zero-order valence-electron chi connectivity index (χ0n) is 11.0. The normalized spacial score (nSPS) is 12.3. The van der Waals surface area contributed by atoms with Gasteiger partial charge < -0.3 is 10.1 Å². The lowest BCUT2D eigenvalue weighted by Gasteiger charge is -2.07. The number of hydrogen-bond acceptors (Lipinski definition) is 3. The summed E-state index contributed by atoms with van der Waals surface area (Å²) in [4.78, 5) is 18.7. The van der Waals surface area contributed by atoms with E-state index >= 15 is 0 Å². The van der Waals surface area contributed by atoms with Crippen LogP contribution in [0.1, 0.15) is 5.56 Å². The number of benzene rings is 2. The Morgan fingerprint density at radius 3 is 2.80 bits per heavy atom. The van der Waals surface area contributed by atoms with Crippen LogP contribution in [0.2, 0.25) is 0 Å². The van der Waals surface area contributed by atoms with Gasteiger partial charge in [-0.05, 0) is 35.9 Å². The van der Waals surface area contributed by atoms with Gasteiger partial charge in [-0.2, -0.15) is 9.98 Å². The molecule has 0 atom stereocenters. The van der Waals surface area contributed by atoms with Crippen LogP contribution < -0.4 is 20.8 Å². The fraction of sp³-hybridized carbons (Fsp3) is 0.133. The maximum absolute atomic E-state index is 11.1. The number of hydrogen-bond donors (Lipinski definition) is 1. The molecular weight excluding hydrogens is 254 g/mol. The number of nitrogens with zero attached hydrogens (tertiary/aromatic N) is 2. The number of carbonyl (C=O) groups is 1. The highest BCUT2D eigenvalue weighted by Crippen LogP contribution is 2.13. The van der Waals surface area contributed by atoms with Crippen molar-refractivity contribution in [3.63, 3.8) is 0 Å². The van der Waals surface area contributed by atoms with E-state index in [-0.39, 0.29) is 0 Å². The lowest BCUT2D eigenvalue weighted by Crippen LogP contribution is -2.21. The molecule has 0 unspecified atom stereocenters. The molecule has 0 radical (unpaired) electrons. The van der Waals surface area contributed by atoms with E-state index in [0.29, 0.717) is 17.3 Å². The first-order valence-corrected chi connectivity index (χ1v) is 6.23. The van der Waals surface area contributed by atoms with Gasteiger partial charge in [0.25, 0.3) is 0 Å². The summed E-state index contributed by atoms with van der Waals surface area (Å²) in [6, 6.07) is 12.9. The number of amides is 2. The van der Waals surface area contributed by atoms with E-state index in [1.165, 1.54) is 0 Å². The average Bonchev–Trinajstić information content (AvgIpc) is 2.84. The molecular formula is C15H13N3O2. The summed E-state index contributed by atoms with van der Waals surface area (Å²) in [5.74, 6) is 0.831. The van der Waals surface area contributed by atoms with Crippen LogP contribution in [0, 0.1) is 0 Å². The van der Waals surface area contributed by atoms with Gasteiger partial charge in [0.15, 0.2) is 0 Å². The molecule has 2 amide bonds. The van der Waals surface area contributed by atoms with Crippen LogP contribution in [0.4, 0.5) is 10.5 Å². The molecule has 1 N–H and O–H groups in total. The molecule has 3 rings (SSSR count). The molecule has 0 saturated heterocycles. The van der Waals surface area contributed by atoms with Crippen molar-refractivity contribution in [1.82, 2.24) is 0 Å². The molecule has 0 saturated carbocycles. The van der Waals surface area contributed by atoms with Crippen molar-refractivity contribution >= 4 is 11.7 Å². The zero-order valence-corrected chi connectivity index (χ0v) is 11.0. The van der Waals surface area contributed by atoms with Crippen LogP contribution in [-0.4, -0.2) is 13.1 Å². The van der Waals surface area contributed by atoms with Gasteiger partial charge >= 0.3 is 6.03 Å². The lowest BCUT2D eigenvalue weighted by molar-refractivity contribution is 0.256. The lowest BCUT2D eigenvalue weighted by atomic mass is 10.2. The molecule has 0 spiro atoms. The standard InChI is InChI=1S/C15H13N3O2/c1-20-12-4-2-3-10(7-12)9-16-11-5-6-13-14(8-11)18-15(19)17-13/h2-8,16H,9H2,1H3. The van der Waals surface area contributed by atoms with Crippen LogP contribution in [0.15, 0.2) is 52.4 Å². The highest BCUT2D eigenvalue weighted by atomic mass is 16.5. The first-order chi connectivity index (χ1) is 9.74. The van der Waals surface area contributed by atoms with Gasteiger partial charge in [-0.3, -0.25) is 0 Å². The van der Waals surface area contributed by atoms with E-state index in [1.54, 1.807) is 13.2 Å². The molecule has 0 fully saturated rings. The monoisotopic (exact) mass is 267 g/mol. The number of rotatable bonds is 4. The highest BCUT2D eigenvalue weighted by molar-refractivity contribution is 5.77. The minimum Gasteiger partial charge on any atom is -0.497 e. The van der Waals surface area contributed by atoms with Crippen LogP contribution in [0.5, 0.6) is 5.75 Å². The third kappa shape index (κ3) is 2.51. The van der Waals surface area contributed by atoms with E-state index < -0.39 is 6.03 Å². The number of nitrogens with one attached hydrogen (secondary N) is 1. The Labute approximate surface area is 115 Å². The molecule has 0 aromatic heterocycles. The fourth-order valence-electron chi connectivity index (χ4n) is 2.04. The summed E-state index contributed by atoms with van der Waals surface area (Å²) >= 11 is 0. The second-order valence-electron chi connectivity index (χ2n) is 4.41. The summed E-state index contributed by atoms with van der Waals surface area (Å²) < 4.78 is 5.19. The Morgan fingerprint density at radius 2 is 1.95 bits per heavy atom. The smallest absolute Gasteiger partial charge is 0.368 e. The van der Waals surface area contributed by atoms with E-state index in [9.17, 15) is 4.79 Å². The SMILES string of the molecule is COc1cccc(CNc2ccc3c(c2)=NC(=O)N=3)c1. The van der Waals surface area contributed by atoms with Gasteiger partial charge in [-0.15, -0.1) is 0 Å². The molecule has 1 aliphatic heterocycles. The van der Waals surface area contributed by atoms with Crippen molar-refractivity contribution in [2.75, 3.05) is 12.4 Å². The molecule has 2 aromatic carbocycles. The average molecular weight is 267 g/mol. The van der Waals surface area contributed by atoms with Crippen LogP contribution in [-0.2, 0) is 6.54 Å². The van der Waals surface area contributed by atoms with Crippen molar-refractivity contribution in [2.45, 2.75) is 6.54 Å². The maximum Gasteiger partial charge on any atom is 0.368 e. The number of anilines is 1. The largest absolute Gasteiger partial charge is 0.497 e. The third-order valence-corrected chi connectivity index (χ3v) is 3.04. The predicted octanol–water partition coefficient (Wildman–Crippen LogP) is 1.68. The predicted molar refractivity (Wildman–Crippen MR) is 74.5 cm³/mol. The Hall–Kier alpha value is -2.69. The van der Waals surface area contributed by atoms with Crippen molar-refractivity contribution in [3.05, 3.63) is 58.7 Å². The van der Waals surface area contributed by atoms with E-state index in [1.807, 2.05) is 36.4 Å². The molecule has 20 heavy (non-hydrogen) atoms. The van der Waals surface area contributed by atoms with E-state index in [0.717, 1.165) is 17.0 Å². The third-order valence-electron chi connectivity index (χ3n) is 3.04. The highest BCUT2D eigenvalue weighted by Gasteiger charge is 2.05. The summed E-state index contributed by atoms with van der Waals surface area (Å²) in [5, 5.41) is 4.53. The molecule has 1 aliphatic rings. The quantitative estimate of drug-likeness (QED) is 0.916. The van der Waals surface area contributed by atoms with E-state index in [4.69, 9.17) is 4.74 Å². The second-order valence-corrected chi connectivity index (χ2v) is 4.41. The van der Waals surface area contributed by atoms with Crippen molar-refractivity contribution in [2.24, 2.45) is 9.98 Å². The molecule has 100 valence electrons. The number of fused-ring (bicyclic) bond motifs is 1. The summed E-state index contributed by atoms with van der Waals surface area (Å²) in [6.45, 7) is 0.668. The number of methoxy groups -OCH3 is 1. The summed E-state index contributed by atoms with van der Waals surface area (Å²) in [6.07, 6.45) is 0. The first kappa shape index (κ1) is 12.3. The van der Waals surface area contributed by atoms with Gasteiger partial charge in [-0.1, -0.05) is 12.1 Å². The fourth-order valence-corrected chi connectivity index (χ4v) is 2.04. The van der Waals surface area contributed by atoms with Gasteiger partial charge in [0.05, 0.1) is 17.8 Å². The molecule has 0 bridgehead atoms. The van der Waals surface area contributed by atoms with Gasteiger partial charge in [0, 0.05) is 12.2 Å². The molecule has 2 aromatic rings. The van der Waals surface area contributed by atoms with Crippen LogP contribution >= 0.6 is 0 Å². The summed E-state index contributed by atoms with van der Waals surface area (Å²) in [7, 11) is 1.65. The van der Waals surface area contributed by atoms with Gasteiger partial charge in [-0.25, -0.2) is 4.79 Å². The van der Waals surface area contributed by atoms with Crippen LogP contribution in [0.25, 0.3) is 0 Å². The Kier molecular flexibility index (Phi) is 3.16. The zero-order chi connectivity index (χ0) is 13.9. The maximum atomic E-state index is 11.1. The minimum absolute atomic E-state index is 0.440.